The van der Waals surface area contributed by atoms with Crippen LogP contribution < -0.4 is 5.73 Å². The molecule has 2 aromatic rings. The van der Waals surface area contributed by atoms with Gasteiger partial charge in [-0.3, -0.25) is 0 Å². The molecule has 4 atom stereocenters. The van der Waals surface area contributed by atoms with Gasteiger partial charge in [0, 0.05) is 11.8 Å². The number of nitrogens with two attached hydrogens (primary N) is 1. The average molecular weight is 248 g/mol. The number of anilines is 1. The molecule has 2 aromatic heterocycles. The second-order valence-corrected chi connectivity index (χ2v) is 4.57. The van der Waals surface area contributed by atoms with Gasteiger partial charge >= 0.3 is 0 Å². The topological polar surface area (TPSA) is 110 Å². The van der Waals surface area contributed by atoms with Gasteiger partial charge in [-0.25, -0.2) is 9.97 Å². The van der Waals surface area contributed by atoms with E-state index in [0.717, 1.165) is 11.1 Å². The van der Waals surface area contributed by atoms with Crippen molar-refractivity contribution in [3.8, 4) is 0 Å². The summed E-state index contributed by atoms with van der Waals surface area (Å²) in [6.45, 7) is -0.0306. The maximum absolute atomic E-state index is 9.18. The number of hydrogen-bond donors (Lipinski definition) is 3. The SMILES string of the molecule is Nc1ncnc2c([C@@H]3O[C@H](CO)C4OC43)c[nH]c12. The van der Waals surface area contributed by atoms with Crippen molar-refractivity contribution in [2.45, 2.75) is 24.4 Å². The zero-order valence-electron chi connectivity index (χ0n) is 9.41. The standard InChI is InChI=1S/C11H12N4O3/c12-11-7-6(14-3-15-11)4(1-13-7)8-10-9(18-10)5(2-16)17-8/h1,3,5,8-10,13,16H,2H2,(H2,12,14,15)/t5-,8+,9?,10?/m1/s1. The Labute approximate surface area is 102 Å². The lowest BCUT2D eigenvalue weighted by atomic mass is 10.1. The Morgan fingerprint density at radius 2 is 2.22 bits per heavy atom. The molecule has 2 fully saturated rings. The molecule has 2 aliphatic rings. The summed E-state index contributed by atoms with van der Waals surface area (Å²) in [5, 5.41) is 9.18. The summed E-state index contributed by atoms with van der Waals surface area (Å²) < 4.78 is 11.3. The highest BCUT2D eigenvalue weighted by molar-refractivity contribution is 5.87. The Balaban J connectivity index is 1.78. The Hall–Kier alpha value is -1.70. The van der Waals surface area contributed by atoms with E-state index in [1.807, 2.05) is 6.20 Å². The number of hydrogen-bond acceptors (Lipinski definition) is 6. The zero-order valence-corrected chi connectivity index (χ0v) is 9.41. The van der Waals surface area contributed by atoms with Crippen molar-refractivity contribution >= 4 is 16.9 Å². The maximum Gasteiger partial charge on any atom is 0.151 e. The monoisotopic (exact) mass is 248 g/mol. The number of nitrogens with one attached hydrogen (secondary N) is 1. The van der Waals surface area contributed by atoms with Crippen molar-refractivity contribution < 1.29 is 14.6 Å². The Morgan fingerprint density at radius 1 is 1.33 bits per heavy atom. The van der Waals surface area contributed by atoms with Crippen LogP contribution in [-0.2, 0) is 9.47 Å². The molecule has 0 aliphatic carbocycles. The van der Waals surface area contributed by atoms with Crippen LogP contribution in [0.2, 0.25) is 0 Å². The molecule has 0 radical (unpaired) electrons. The number of ether oxygens (including phenoxy) is 2. The second kappa shape index (κ2) is 3.41. The van der Waals surface area contributed by atoms with Gasteiger partial charge in [-0.1, -0.05) is 0 Å². The molecule has 0 bridgehead atoms. The highest BCUT2D eigenvalue weighted by atomic mass is 16.7. The van der Waals surface area contributed by atoms with Crippen LogP contribution in [0.3, 0.4) is 0 Å². The molecule has 2 aliphatic heterocycles. The molecule has 4 rings (SSSR count). The first-order chi connectivity index (χ1) is 8.79. The van der Waals surface area contributed by atoms with E-state index in [1.54, 1.807) is 0 Å². The van der Waals surface area contributed by atoms with Crippen molar-refractivity contribution in [3.63, 3.8) is 0 Å². The molecule has 2 unspecified atom stereocenters. The summed E-state index contributed by atoms with van der Waals surface area (Å²) in [4.78, 5) is 11.2. The molecule has 7 nitrogen and oxygen atoms in total. The van der Waals surface area contributed by atoms with Gasteiger partial charge in [0.15, 0.2) is 5.82 Å². The number of rotatable bonds is 2. The number of nitrogen functional groups attached to an aromatic ring is 1. The summed E-state index contributed by atoms with van der Waals surface area (Å²) in [7, 11) is 0. The zero-order chi connectivity index (χ0) is 12.3. The van der Waals surface area contributed by atoms with E-state index in [1.165, 1.54) is 6.33 Å². The van der Waals surface area contributed by atoms with E-state index in [0.29, 0.717) is 11.3 Å². The second-order valence-electron chi connectivity index (χ2n) is 4.57. The Bertz CT molecular complexity index is 613. The number of aromatic amines is 1. The average Bonchev–Trinajstić information content (AvgIpc) is 2.91. The van der Waals surface area contributed by atoms with Gasteiger partial charge in [-0.2, -0.15) is 0 Å². The number of nitrogens with zero attached hydrogens (tertiary/aromatic N) is 2. The number of epoxide rings is 1. The normalized spacial score (nSPS) is 33.8. The van der Waals surface area contributed by atoms with Crippen molar-refractivity contribution in [2.75, 3.05) is 12.3 Å². The van der Waals surface area contributed by atoms with Gasteiger partial charge in [-0.05, 0) is 0 Å². The van der Waals surface area contributed by atoms with Crippen LogP contribution in [0, 0.1) is 0 Å². The van der Waals surface area contributed by atoms with Crippen LogP contribution in [-0.4, -0.2) is 45.0 Å². The summed E-state index contributed by atoms with van der Waals surface area (Å²) in [6.07, 6.45) is 2.82. The van der Waals surface area contributed by atoms with Crippen molar-refractivity contribution in [1.82, 2.24) is 15.0 Å². The lowest BCUT2D eigenvalue weighted by molar-refractivity contribution is -0.0526. The Kier molecular flexibility index (Phi) is 1.94. The quantitative estimate of drug-likeness (QED) is 0.632. The molecule has 0 amide bonds. The number of aliphatic hydroxyl groups excluding tert-OH is 1. The smallest absolute Gasteiger partial charge is 0.151 e. The lowest BCUT2D eigenvalue weighted by Crippen LogP contribution is -2.19. The largest absolute Gasteiger partial charge is 0.394 e. The summed E-state index contributed by atoms with van der Waals surface area (Å²) >= 11 is 0. The van der Waals surface area contributed by atoms with Gasteiger partial charge in [0.2, 0.25) is 0 Å². The third-order valence-electron chi connectivity index (χ3n) is 3.56. The fourth-order valence-corrected chi connectivity index (χ4v) is 2.61. The molecule has 4 heterocycles. The van der Waals surface area contributed by atoms with Crippen LogP contribution in [0.5, 0.6) is 0 Å². The Morgan fingerprint density at radius 3 is 3.00 bits per heavy atom. The maximum atomic E-state index is 9.18. The van der Waals surface area contributed by atoms with Crippen LogP contribution in [0.15, 0.2) is 12.5 Å². The molecular weight excluding hydrogens is 236 g/mol. The molecule has 0 spiro atoms. The molecule has 2 saturated heterocycles. The molecule has 0 saturated carbocycles. The van der Waals surface area contributed by atoms with E-state index in [9.17, 15) is 5.11 Å². The predicted molar refractivity (Wildman–Crippen MR) is 61.7 cm³/mol. The van der Waals surface area contributed by atoms with Gasteiger partial charge < -0.3 is 25.3 Å². The first-order valence-corrected chi connectivity index (χ1v) is 5.79. The summed E-state index contributed by atoms with van der Waals surface area (Å²) in [6, 6.07) is 0. The van der Waals surface area contributed by atoms with E-state index in [2.05, 4.69) is 15.0 Å². The van der Waals surface area contributed by atoms with E-state index >= 15 is 0 Å². The molecule has 4 N–H and O–H groups in total. The predicted octanol–water partition coefficient (Wildman–Crippen LogP) is -0.260. The molecule has 94 valence electrons. The lowest BCUT2D eigenvalue weighted by Gasteiger charge is -2.14. The van der Waals surface area contributed by atoms with Crippen LogP contribution in [0.4, 0.5) is 5.82 Å². The third-order valence-corrected chi connectivity index (χ3v) is 3.56. The summed E-state index contributed by atoms with van der Waals surface area (Å²) in [5.74, 6) is 0.413. The third kappa shape index (κ3) is 1.23. The minimum atomic E-state index is -0.246. The van der Waals surface area contributed by atoms with Crippen LogP contribution in [0.25, 0.3) is 11.0 Å². The van der Waals surface area contributed by atoms with E-state index in [4.69, 9.17) is 15.2 Å². The first-order valence-electron chi connectivity index (χ1n) is 5.79. The number of fused-ring (bicyclic) bond motifs is 2. The van der Waals surface area contributed by atoms with E-state index < -0.39 is 0 Å². The van der Waals surface area contributed by atoms with Crippen molar-refractivity contribution in [2.24, 2.45) is 0 Å². The van der Waals surface area contributed by atoms with Crippen molar-refractivity contribution in [1.29, 1.82) is 0 Å². The molecule has 0 aromatic carbocycles. The number of aliphatic hydroxyl groups is 1. The molecule has 7 heteroatoms. The highest BCUT2D eigenvalue weighted by Crippen LogP contribution is 2.48. The molecule has 18 heavy (non-hydrogen) atoms. The van der Waals surface area contributed by atoms with Crippen LogP contribution >= 0.6 is 0 Å². The van der Waals surface area contributed by atoms with Crippen LogP contribution in [0.1, 0.15) is 11.7 Å². The van der Waals surface area contributed by atoms with Gasteiger partial charge in [0.05, 0.1) is 12.1 Å². The minimum Gasteiger partial charge on any atom is -0.394 e. The number of H-pyrrole nitrogens is 1. The van der Waals surface area contributed by atoms with Crippen molar-refractivity contribution in [3.05, 3.63) is 18.1 Å². The first kappa shape index (κ1) is 10.2. The number of aromatic nitrogens is 3. The van der Waals surface area contributed by atoms with Gasteiger partial charge in [0.25, 0.3) is 0 Å². The fraction of sp³-hybridized carbons (Fsp3) is 0.455. The van der Waals surface area contributed by atoms with Gasteiger partial charge in [-0.15, -0.1) is 0 Å². The summed E-state index contributed by atoms with van der Waals surface area (Å²) in [5.41, 5.74) is 8.14. The molecular formula is C11H12N4O3. The van der Waals surface area contributed by atoms with E-state index in [-0.39, 0.29) is 31.0 Å². The fourth-order valence-electron chi connectivity index (χ4n) is 2.61. The van der Waals surface area contributed by atoms with Gasteiger partial charge in [0.1, 0.15) is 36.3 Å². The minimum absolute atomic E-state index is 0.00383. The highest BCUT2D eigenvalue weighted by Gasteiger charge is 2.58.